The van der Waals surface area contributed by atoms with Crippen LogP contribution in [0.25, 0.3) is 16.2 Å². The lowest BCUT2D eigenvalue weighted by atomic mass is 10.2. The maximum atomic E-state index is 10.7. The highest BCUT2D eigenvalue weighted by molar-refractivity contribution is 9.10. The molecule has 3 rings (SSSR count). The third-order valence-corrected chi connectivity index (χ3v) is 4.59. The number of benzene rings is 1. The van der Waals surface area contributed by atoms with Crippen LogP contribution in [0.5, 0.6) is 5.75 Å². The highest BCUT2D eigenvalue weighted by atomic mass is 79.9. The first-order chi connectivity index (χ1) is 10.1. The lowest BCUT2D eigenvalue weighted by molar-refractivity contribution is -0.136. The van der Waals surface area contributed by atoms with Gasteiger partial charge in [-0.05, 0) is 34.1 Å². The molecule has 0 aliphatic rings. The summed E-state index contributed by atoms with van der Waals surface area (Å²) in [4.78, 5) is 16.8. The smallest absolute Gasteiger partial charge is 0.308 e. The summed E-state index contributed by atoms with van der Waals surface area (Å²) < 4.78 is 7.93. The largest absolute Gasteiger partial charge is 0.496 e. The van der Waals surface area contributed by atoms with E-state index in [-0.39, 0.29) is 6.42 Å². The number of fused-ring (bicyclic) bond motifs is 1. The van der Waals surface area contributed by atoms with Crippen molar-refractivity contribution in [1.29, 1.82) is 0 Å². The maximum absolute atomic E-state index is 10.7. The van der Waals surface area contributed by atoms with Gasteiger partial charge < -0.3 is 9.84 Å². The van der Waals surface area contributed by atoms with Crippen molar-refractivity contribution in [3.8, 4) is 17.0 Å². The van der Waals surface area contributed by atoms with E-state index in [4.69, 9.17) is 9.84 Å². The van der Waals surface area contributed by atoms with E-state index in [0.717, 1.165) is 31.3 Å². The Morgan fingerprint density at radius 1 is 1.48 bits per heavy atom. The Balaban J connectivity index is 1.96. The minimum Gasteiger partial charge on any atom is -0.496 e. The summed E-state index contributed by atoms with van der Waals surface area (Å²) >= 11 is 4.84. The molecule has 0 aliphatic heterocycles. The number of thiazole rings is 1. The van der Waals surface area contributed by atoms with Crippen molar-refractivity contribution in [1.82, 2.24) is 9.38 Å². The van der Waals surface area contributed by atoms with Gasteiger partial charge in [0.15, 0.2) is 4.96 Å². The number of carboxylic acid groups (broad SMARTS) is 1. The minimum atomic E-state index is -0.834. The monoisotopic (exact) mass is 366 g/mol. The number of halogens is 1. The molecule has 5 nitrogen and oxygen atoms in total. The lowest BCUT2D eigenvalue weighted by Crippen LogP contribution is -1.97. The molecule has 0 radical (unpaired) electrons. The Morgan fingerprint density at radius 2 is 2.29 bits per heavy atom. The van der Waals surface area contributed by atoms with Crippen LogP contribution in [0.1, 0.15) is 4.88 Å². The summed E-state index contributed by atoms with van der Waals surface area (Å²) in [7, 11) is 1.62. The number of hydrogen-bond donors (Lipinski definition) is 1. The summed E-state index contributed by atoms with van der Waals surface area (Å²) in [6, 6.07) is 5.76. The molecule has 1 N–H and O–H groups in total. The van der Waals surface area contributed by atoms with Crippen LogP contribution in [0.2, 0.25) is 0 Å². The molecular formula is C14H11BrN2O3S. The maximum Gasteiger partial charge on any atom is 0.308 e. The molecule has 0 fully saturated rings. The van der Waals surface area contributed by atoms with Crippen molar-refractivity contribution in [2.24, 2.45) is 0 Å². The summed E-state index contributed by atoms with van der Waals surface area (Å²) in [5.41, 5.74) is 1.81. The zero-order valence-corrected chi connectivity index (χ0v) is 13.4. The molecule has 2 heterocycles. The van der Waals surface area contributed by atoms with Crippen molar-refractivity contribution in [3.63, 3.8) is 0 Å². The van der Waals surface area contributed by atoms with Crippen LogP contribution < -0.4 is 4.74 Å². The van der Waals surface area contributed by atoms with Gasteiger partial charge in [-0.3, -0.25) is 9.20 Å². The van der Waals surface area contributed by atoms with Crippen LogP contribution >= 0.6 is 27.3 Å². The zero-order chi connectivity index (χ0) is 15.0. The third kappa shape index (κ3) is 2.79. The zero-order valence-electron chi connectivity index (χ0n) is 11.0. The highest BCUT2D eigenvalue weighted by Crippen LogP contribution is 2.31. The number of carboxylic acids is 1. The predicted octanol–water partition coefficient (Wildman–Crippen LogP) is 3.46. The van der Waals surface area contributed by atoms with E-state index < -0.39 is 5.97 Å². The number of aliphatic carboxylic acids is 1. The summed E-state index contributed by atoms with van der Waals surface area (Å²) in [6.45, 7) is 0. The van der Waals surface area contributed by atoms with E-state index >= 15 is 0 Å². The predicted molar refractivity (Wildman–Crippen MR) is 84.1 cm³/mol. The van der Waals surface area contributed by atoms with E-state index in [1.807, 2.05) is 35.0 Å². The van der Waals surface area contributed by atoms with E-state index in [2.05, 4.69) is 20.9 Å². The molecule has 0 atom stereocenters. The quantitative estimate of drug-likeness (QED) is 0.767. The Morgan fingerprint density at radius 3 is 2.90 bits per heavy atom. The number of aromatic nitrogens is 2. The van der Waals surface area contributed by atoms with Crippen LogP contribution in [0.4, 0.5) is 0 Å². The van der Waals surface area contributed by atoms with Gasteiger partial charge in [0.05, 0.1) is 23.7 Å². The van der Waals surface area contributed by atoms with Gasteiger partial charge in [0.2, 0.25) is 0 Å². The van der Waals surface area contributed by atoms with Crippen LogP contribution in [0, 0.1) is 0 Å². The lowest BCUT2D eigenvalue weighted by Gasteiger charge is -2.04. The van der Waals surface area contributed by atoms with Crippen molar-refractivity contribution < 1.29 is 14.6 Å². The van der Waals surface area contributed by atoms with Crippen molar-refractivity contribution in [2.75, 3.05) is 7.11 Å². The average Bonchev–Trinajstić information content (AvgIpc) is 2.95. The number of methoxy groups -OCH3 is 1. The topological polar surface area (TPSA) is 63.8 Å². The van der Waals surface area contributed by atoms with Gasteiger partial charge in [0.25, 0.3) is 0 Å². The number of rotatable bonds is 4. The molecule has 7 heteroatoms. The molecule has 0 spiro atoms. The number of carbonyl (C=O) groups is 1. The Hall–Kier alpha value is -1.86. The SMILES string of the molecule is COc1ccc(-c2cn3cc(CC(=O)O)sc3n2)cc1Br. The number of nitrogens with zero attached hydrogens (tertiary/aromatic N) is 2. The first kappa shape index (κ1) is 14.1. The molecule has 21 heavy (non-hydrogen) atoms. The first-order valence-corrected chi connectivity index (χ1v) is 7.71. The van der Waals surface area contributed by atoms with Crippen LogP contribution in [0.15, 0.2) is 35.1 Å². The molecule has 0 unspecified atom stereocenters. The third-order valence-electron chi connectivity index (χ3n) is 2.98. The first-order valence-electron chi connectivity index (χ1n) is 6.10. The second-order valence-electron chi connectivity index (χ2n) is 4.43. The highest BCUT2D eigenvalue weighted by Gasteiger charge is 2.11. The van der Waals surface area contributed by atoms with Crippen molar-refractivity contribution in [3.05, 3.63) is 39.9 Å². The molecule has 0 saturated heterocycles. The van der Waals surface area contributed by atoms with E-state index in [1.54, 1.807) is 7.11 Å². The van der Waals surface area contributed by atoms with Gasteiger partial charge in [-0.1, -0.05) is 0 Å². The van der Waals surface area contributed by atoms with Gasteiger partial charge in [0.1, 0.15) is 5.75 Å². The summed E-state index contributed by atoms with van der Waals surface area (Å²) in [6.07, 6.45) is 3.73. The van der Waals surface area contributed by atoms with Crippen LogP contribution in [0.3, 0.4) is 0 Å². The average molecular weight is 367 g/mol. The Labute approximate surface area is 132 Å². The fourth-order valence-corrected chi connectivity index (χ4v) is 3.53. The minimum absolute atomic E-state index is 0.0252. The number of ether oxygens (including phenoxy) is 1. The van der Waals surface area contributed by atoms with Crippen molar-refractivity contribution >= 4 is 38.2 Å². The molecular weight excluding hydrogens is 356 g/mol. The molecule has 0 aliphatic carbocycles. The number of imidazole rings is 1. The second-order valence-corrected chi connectivity index (χ2v) is 6.38. The van der Waals surface area contributed by atoms with E-state index in [0.29, 0.717) is 0 Å². The van der Waals surface area contributed by atoms with Gasteiger partial charge in [0, 0.05) is 22.8 Å². The van der Waals surface area contributed by atoms with E-state index in [1.165, 1.54) is 11.3 Å². The Bertz CT molecular complexity index is 793. The molecule has 0 amide bonds. The summed E-state index contributed by atoms with van der Waals surface area (Å²) in [5.74, 6) is -0.0673. The molecule has 3 aromatic rings. The number of hydrogen-bond acceptors (Lipinski definition) is 4. The molecule has 108 valence electrons. The van der Waals surface area contributed by atoms with Gasteiger partial charge in [-0.2, -0.15) is 0 Å². The standard InChI is InChI=1S/C14H11BrN2O3S/c1-20-12-3-2-8(4-10(12)15)11-7-17-6-9(5-13(18)19)21-14(17)16-11/h2-4,6-7H,5H2,1H3,(H,18,19). The van der Waals surface area contributed by atoms with Gasteiger partial charge >= 0.3 is 5.97 Å². The fraction of sp³-hybridized carbons (Fsp3) is 0.143. The molecule has 1 aromatic carbocycles. The molecule has 0 saturated carbocycles. The molecule has 0 bridgehead atoms. The van der Waals surface area contributed by atoms with E-state index in [9.17, 15) is 4.79 Å². The van der Waals surface area contributed by atoms with Crippen LogP contribution in [-0.4, -0.2) is 27.6 Å². The fourth-order valence-electron chi connectivity index (χ4n) is 2.04. The Kier molecular flexibility index (Phi) is 3.69. The second kappa shape index (κ2) is 5.50. The van der Waals surface area contributed by atoms with Gasteiger partial charge in [-0.25, -0.2) is 4.98 Å². The summed E-state index contributed by atoms with van der Waals surface area (Å²) in [5, 5.41) is 8.80. The normalized spacial score (nSPS) is 11.0. The molecule has 2 aromatic heterocycles. The van der Waals surface area contributed by atoms with Crippen LogP contribution in [-0.2, 0) is 11.2 Å². The van der Waals surface area contributed by atoms with Gasteiger partial charge in [-0.15, -0.1) is 11.3 Å². The van der Waals surface area contributed by atoms with Crippen molar-refractivity contribution in [2.45, 2.75) is 6.42 Å².